The second-order valence-electron chi connectivity index (χ2n) is 6.75. The van der Waals surface area contributed by atoms with Gasteiger partial charge in [0.25, 0.3) is 0 Å². The van der Waals surface area contributed by atoms with E-state index in [-0.39, 0.29) is 0 Å². The molecule has 0 unspecified atom stereocenters. The molecule has 0 spiro atoms. The van der Waals surface area contributed by atoms with Gasteiger partial charge >= 0.3 is 6.18 Å². The van der Waals surface area contributed by atoms with E-state index in [9.17, 15) is 13.2 Å². The fraction of sp³-hybridized carbons (Fsp3) is 0.526. The first kappa shape index (κ1) is 21.1. The normalized spacial score (nSPS) is 12.8. The lowest BCUT2D eigenvalue weighted by Crippen LogP contribution is -2.40. The SMILES string of the molecule is CN=C(NCCCN(C)CC(F)(F)F)NCCc1c[nH]c2cc(C)ccc12. The number of rotatable bonds is 8. The summed E-state index contributed by atoms with van der Waals surface area (Å²) in [6.45, 7) is 2.84. The van der Waals surface area contributed by atoms with Crippen LogP contribution in [0.5, 0.6) is 0 Å². The van der Waals surface area contributed by atoms with Crippen molar-refractivity contribution in [2.45, 2.75) is 25.9 Å². The summed E-state index contributed by atoms with van der Waals surface area (Å²) < 4.78 is 36.8. The molecule has 0 fully saturated rings. The lowest BCUT2D eigenvalue weighted by molar-refractivity contribution is -0.143. The Morgan fingerprint density at radius 1 is 1.22 bits per heavy atom. The molecule has 3 N–H and O–H groups in total. The Morgan fingerprint density at radius 2 is 1.96 bits per heavy atom. The van der Waals surface area contributed by atoms with Crippen LogP contribution >= 0.6 is 0 Å². The lowest BCUT2D eigenvalue weighted by Gasteiger charge is -2.18. The number of aromatic nitrogens is 1. The summed E-state index contributed by atoms with van der Waals surface area (Å²) in [5, 5.41) is 7.60. The first-order valence-corrected chi connectivity index (χ1v) is 9.05. The molecule has 2 rings (SSSR count). The number of aliphatic imine (C=N–C) groups is 1. The highest BCUT2D eigenvalue weighted by Crippen LogP contribution is 2.19. The van der Waals surface area contributed by atoms with Crippen LogP contribution in [0.2, 0.25) is 0 Å². The molecule has 27 heavy (non-hydrogen) atoms. The van der Waals surface area contributed by atoms with E-state index < -0.39 is 12.7 Å². The number of guanidine groups is 1. The maximum atomic E-state index is 12.3. The second kappa shape index (κ2) is 9.64. The van der Waals surface area contributed by atoms with Gasteiger partial charge in [0, 0.05) is 37.2 Å². The molecule has 0 aliphatic rings. The standard InChI is InChI=1S/C19H28F3N5/c1-14-5-6-16-15(12-26-17(16)11-14)7-9-25-18(23-2)24-8-4-10-27(3)13-19(20,21)22/h5-6,11-12,26H,4,7-10,13H2,1-3H3,(H2,23,24,25). The topological polar surface area (TPSA) is 55.5 Å². The molecule has 0 radical (unpaired) electrons. The summed E-state index contributed by atoms with van der Waals surface area (Å²) in [6, 6.07) is 6.35. The molecule has 0 atom stereocenters. The Morgan fingerprint density at radius 3 is 2.67 bits per heavy atom. The third-order valence-electron chi connectivity index (χ3n) is 4.29. The number of nitrogens with one attached hydrogen (secondary N) is 3. The van der Waals surface area contributed by atoms with Crippen molar-refractivity contribution in [3.63, 3.8) is 0 Å². The summed E-state index contributed by atoms with van der Waals surface area (Å²) in [6.07, 6.45) is -0.674. The van der Waals surface area contributed by atoms with Crippen LogP contribution in [-0.2, 0) is 6.42 Å². The highest BCUT2D eigenvalue weighted by atomic mass is 19.4. The Balaban J connectivity index is 1.69. The fourth-order valence-corrected chi connectivity index (χ4v) is 2.98. The van der Waals surface area contributed by atoms with Gasteiger partial charge in [0.15, 0.2) is 5.96 Å². The number of aryl methyl sites for hydroxylation is 1. The number of fused-ring (bicyclic) bond motifs is 1. The van der Waals surface area contributed by atoms with Crippen molar-refractivity contribution in [3.05, 3.63) is 35.5 Å². The molecule has 5 nitrogen and oxygen atoms in total. The van der Waals surface area contributed by atoms with Crippen molar-refractivity contribution in [1.29, 1.82) is 0 Å². The van der Waals surface area contributed by atoms with Gasteiger partial charge in [-0.25, -0.2) is 0 Å². The molecule has 8 heteroatoms. The number of alkyl halides is 3. The molecular formula is C19H28F3N5. The minimum atomic E-state index is -4.15. The minimum absolute atomic E-state index is 0.373. The van der Waals surface area contributed by atoms with Crippen molar-refractivity contribution in [3.8, 4) is 0 Å². The van der Waals surface area contributed by atoms with Crippen LogP contribution in [0.4, 0.5) is 13.2 Å². The number of halogens is 3. The molecule has 150 valence electrons. The first-order valence-electron chi connectivity index (χ1n) is 9.05. The molecule has 1 aromatic heterocycles. The Hall–Kier alpha value is -2.22. The predicted molar refractivity (Wildman–Crippen MR) is 104 cm³/mol. The zero-order chi connectivity index (χ0) is 19.9. The van der Waals surface area contributed by atoms with E-state index in [1.807, 2.05) is 6.20 Å². The molecule has 0 bridgehead atoms. The van der Waals surface area contributed by atoms with Crippen molar-refractivity contribution in [1.82, 2.24) is 20.5 Å². The summed E-state index contributed by atoms with van der Waals surface area (Å²) in [7, 11) is 3.16. The fourth-order valence-electron chi connectivity index (χ4n) is 2.98. The van der Waals surface area contributed by atoms with Gasteiger partial charge in [-0.1, -0.05) is 12.1 Å². The largest absolute Gasteiger partial charge is 0.401 e. The van der Waals surface area contributed by atoms with Crippen molar-refractivity contribution in [2.75, 3.05) is 40.3 Å². The number of H-pyrrole nitrogens is 1. The molecule has 0 saturated heterocycles. The van der Waals surface area contributed by atoms with Crippen LogP contribution in [0.25, 0.3) is 10.9 Å². The molecule has 0 amide bonds. The molecule has 0 aliphatic heterocycles. The predicted octanol–water partition coefficient (Wildman–Crippen LogP) is 3.07. The first-order chi connectivity index (χ1) is 12.8. The number of benzene rings is 1. The number of hydrogen-bond acceptors (Lipinski definition) is 2. The van der Waals surface area contributed by atoms with Gasteiger partial charge in [0.2, 0.25) is 0 Å². The molecule has 1 aromatic carbocycles. The van der Waals surface area contributed by atoms with E-state index >= 15 is 0 Å². The van der Waals surface area contributed by atoms with Gasteiger partial charge in [-0.3, -0.25) is 9.89 Å². The summed E-state index contributed by atoms with van der Waals surface area (Å²) >= 11 is 0. The van der Waals surface area contributed by atoms with E-state index in [0.29, 0.717) is 32.0 Å². The molecule has 0 aliphatic carbocycles. The van der Waals surface area contributed by atoms with Crippen LogP contribution in [0.3, 0.4) is 0 Å². The Kier molecular flexibility index (Phi) is 7.53. The summed E-state index contributed by atoms with van der Waals surface area (Å²) in [5.41, 5.74) is 3.59. The van der Waals surface area contributed by atoms with E-state index in [2.05, 4.69) is 45.7 Å². The van der Waals surface area contributed by atoms with E-state index in [1.165, 1.54) is 28.5 Å². The van der Waals surface area contributed by atoms with E-state index in [4.69, 9.17) is 0 Å². The van der Waals surface area contributed by atoms with Gasteiger partial charge in [-0.15, -0.1) is 0 Å². The van der Waals surface area contributed by atoms with Gasteiger partial charge in [0.05, 0.1) is 6.54 Å². The average Bonchev–Trinajstić information content (AvgIpc) is 2.97. The number of nitrogens with zero attached hydrogens (tertiary/aromatic N) is 2. The highest BCUT2D eigenvalue weighted by Gasteiger charge is 2.28. The molecule has 2 aromatic rings. The molecule has 0 saturated carbocycles. The van der Waals surface area contributed by atoms with Gasteiger partial charge in [0.1, 0.15) is 0 Å². The zero-order valence-electron chi connectivity index (χ0n) is 16.1. The number of hydrogen-bond donors (Lipinski definition) is 3. The maximum absolute atomic E-state index is 12.3. The van der Waals surface area contributed by atoms with Crippen LogP contribution in [0, 0.1) is 6.92 Å². The third kappa shape index (κ3) is 7.13. The monoisotopic (exact) mass is 383 g/mol. The van der Waals surface area contributed by atoms with Crippen molar-refractivity contribution in [2.24, 2.45) is 4.99 Å². The van der Waals surface area contributed by atoms with Crippen LogP contribution in [0.1, 0.15) is 17.5 Å². The third-order valence-corrected chi connectivity index (χ3v) is 4.29. The van der Waals surface area contributed by atoms with Gasteiger partial charge < -0.3 is 15.6 Å². The summed E-state index contributed by atoms with van der Waals surface area (Å²) in [5.74, 6) is 0.657. The Bertz CT molecular complexity index is 751. The lowest BCUT2D eigenvalue weighted by atomic mass is 10.1. The van der Waals surface area contributed by atoms with Crippen LogP contribution in [0.15, 0.2) is 29.4 Å². The van der Waals surface area contributed by atoms with Gasteiger partial charge in [-0.05, 0) is 50.6 Å². The average molecular weight is 383 g/mol. The quantitative estimate of drug-likeness (QED) is 0.373. The van der Waals surface area contributed by atoms with Crippen LogP contribution in [-0.4, -0.2) is 62.3 Å². The Labute approximate surface area is 158 Å². The molecular weight excluding hydrogens is 355 g/mol. The second-order valence-corrected chi connectivity index (χ2v) is 6.75. The minimum Gasteiger partial charge on any atom is -0.361 e. The van der Waals surface area contributed by atoms with Gasteiger partial charge in [-0.2, -0.15) is 13.2 Å². The van der Waals surface area contributed by atoms with Crippen molar-refractivity contribution < 1.29 is 13.2 Å². The van der Waals surface area contributed by atoms with Crippen molar-refractivity contribution >= 4 is 16.9 Å². The molecule has 1 heterocycles. The zero-order valence-corrected chi connectivity index (χ0v) is 16.1. The van der Waals surface area contributed by atoms with E-state index in [1.54, 1.807) is 7.05 Å². The summed E-state index contributed by atoms with van der Waals surface area (Å²) in [4.78, 5) is 8.72. The number of aromatic amines is 1. The smallest absolute Gasteiger partial charge is 0.361 e. The maximum Gasteiger partial charge on any atom is 0.401 e. The highest BCUT2D eigenvalue weighted by molar-refractivity contribution is 5.84. The van der Waals surface area contributed by atoms with E-state index in [0.717, 1.165) is 11.9 Å². The van der Waals surface area contributed by atoms with Crippen LogP contribution < -0.4 is 10.6 Å².